The Bertz CT molecular complexity index is 463. The van der Waals surface area contributed by atoms with Crippen molar-refractivity contribution in [2.45, 2.75) is 5.92 Å². The van der Waals surface area contributed by atoms with Gasteiger partial charge in [0.15, 0.2) is 0 Å². The Morgan fingerprint density at radius 1 is 1.35 bits per heavy atom. The van der Waals surface area contributed by atoms with Crippen LogP contribution < -0.4 is 4.74 Å². The lowest BCUT2D eigenvalue weighted by molar-refractivity contribution is -0.141. The molecule has 1 saturated heterocycles. The van der Waals surface area contributed by atoms with E-state index in [1.165, 1.54) is 0 Å². The Balaban J connectivity index is 2.21. The normalized spacial score (nSPS) is 22.9. The van der Waals surface area contributed by atoms with Gasteiger partial charge >= 0.3 is 5.97 Å². The Morgan fingerprint density at radius 3 is 2.75 bits per heavy atom. The third-order valence-corrected chi connectivity index (χ3v) is 3.86. The van der Waals surface area contributed by atoms with Crippen LogP contribution in [-0.2, 0) is 9.53 Å². The number of hydrogen-bond acceptors (Lipinski definition) is 4. The molecule has 1 aromatic rings. The van der Waals surface area contributed by atoms with Gasteiger partial charge in [-0.3, -0.25) is 9.69 Å². The Labute approximate surface area is 119 Å². The molecule has 1 aliphatic heterocycles. The van der Waals surface area contributed by atoms with Crippen molar-refractivity contribution in [3.05, 3.63) is 29.8 Å². The topological polar surface area (TPSA) is 59.0 Å². The van der Waals surface area contributed by atoms with Gasteiger partial charge in [0, 0.05) is 32.7 Å². The minimum atomic E-state index is -0.749. The minimum Gasteiger partial charge on any atom is -0.496 e. The third kappa shape index (κ3) is 3.11. The van der Waals surface area contributed by atoms with Crippen LogP contribution in [0, 0.1) is 5.92 Å². The molecule has 20 heavy (non-hydrogen) atoms. The van der Waals surface area contributed by atoms with Gasteiger partial charge in [0.2, 0.25) is 0 Å². The van der Waals surface area contributed by atoms with Crippen molar-refractivity contribution in [3.63, 3.8) is 0 Å². The maximum atomic E-state index is 11.5. The predicted octanol–water partition coefficient (Wildman–Crippen LogP) is 1.44. The van der Waals surface area contributed by atoms with Crippen molar-refractivity contribution in [1.82, 2.24) is 4.90 Å². The summed E-state index contributed by atoms with van der Waals surface area (Å²) in [4.78, 5) is 13.6. The molecule has 2 rings (SSSR count). The molecule has 0 bridgehead atoms. The first-order valence-corrected chi connectivity index (χ1v) is 6.74. The Kier molecular flexibility index (Phi) is 4.98. The van der Waals surface area contributed by atoms with Gasteiger partial charge in [0.05, 0.1) is 19.6 Å². The van der Waals surface area contributed by atoms with Crippen LogP contribution in [0.4, 0.5) is 0 Å². The quantitative estimate of drug-likeness (QED) is 0.854. The lowest BCUT2D eigenvalue weighted by Gasteiger charge is -2.18. The summed E-state index contributed by atoms with van der Waals surface area (Å²) in [5.74, 6) is -0.429. The number of nitrogens with zero attached hydrogens (tertiary/aromatic N) is 1. The maximum absolute atomic E-state index is 11.5. The second kappa shape index (κ2) is 6.72. The number of likely N-dealkylation sites (tertiary alicyclic amines) is 1. The highest BCUT2D eigenvalue weighted by Crippen LogP contribution is 2.37. The van der Waals surface area contributed by atoms with Crippen molar-refractivity contribution >= 4 is 5.97 Å². The number of methoxy groups -OCH3 is 2. The van der Waals surface area contributed by atoms with E-state index in [9.17, 15) is 9.90 Å². The first-order valence-electron chi connectivity index (χ1n) is 6.74. The number of para-hydroxylation sites is 1. The van der Waals surface area contributed by atoms with Crippen molar-refractivity contribution in [2.24, 2.45) is 5.92 Å². The maximum Gasteiger partial charge on any atom is 0.308 e. The predicted molar refractivity (Wildman–Crippen MR) is 75.2 cm³/mol. The molecule has 0 aromatic heterocycles. The first kappa shape index (κ1) is 14.8. The fourth-order valence-corrected chi connectivity index (χ4v) is 2.83. The number of hydrogen-bond donors (Lipinski definition) is 1. The van der Waals surface area contributed by atoms with Gasteiger partial charge in [0.25, 0.3) is 0 Å². The van der Waals surface area contributed by atoms with E-state index in [-0.39, 0.29) is 5.92 Å². The van der Waals surface area contributed by atoms with E-state index in [4.69, 9.17) is 9.47 Å². The number of rotatable bonds is 6. The number of carboxylic acids is 1. The van der Waals surface area contributed by atoms with Gasteiger partial charge in [-0.2, -0.15) is 0 Å². The summed E-state index contributed by atoms with van der Waals surface area (Å²) in [5, 5.41) is 9.45. The van der Waals surface area contributed by atoms with E-state index in [0.717, 1.165) is 24.4 Å². The molecule has 1 aromatic carbocycles. The molecular formula is C15H21NO4. The highest BCUT2D eigenvalue weighted by molar-refractivity contribution is 5.72. The second-order valence-electron chi connectivity index (χ2n) is 5.05. The smallest absolute Gasteiger partial charge is 0.308 e. The largest absolute Gasteiger partial charge is 0.496 e. The van der Waals surface area contributed by atoms with E-state index in [2.05, 4.69) is 4.90 Å². The minimum absolute atomic E-state index is 0.0412. The molecule has 0 amide bonds. The molecule has 0 spiro atoms. The monoisotopic (exact) mass is 279 g/mol. The fourth-order valence-electron chi connectivity index (χ4n) is 2.83. The SMILES string of the molecule is COCCN1C[C@@H](C(=O)O)[C@H](c2ccccc2OC)C1. The summed E-state index contributed by atoms with van der Waals surface area (Å²) in [7, 11) is 3.27. The van der Waals surface area contributed by atoms with E-state index in [1.807, 2.05) is 24.3 Å². The molecule has 110 valence electrons. The fraction of sp³-hybridized carbons (Fsp3) is 0.533. The van der Waals surface area contributed by atoms with Crippen LogP contribution in [0.25, 0.3) is 0 Å². The van der Waals surface area contributed by atoms with Gasteiger partial charge in [-0.25, -0.2) is 0 Å². The van der Waals surface area contributed by atoms with Crippen LogP contribution >= 0.6 is 0 Å². The third-order valence-electron chi connectivity index (χ3n) is 3.86. The molecule has 0 unspecified atom stereocenters. The molecule has 5 nitrogen and oxygen atoms in total. The lowest BCUT2D eigenvalue weighted by Crippen LogP contribution is -2.26. The van der Waals surface area contributed by atoms with E-state index >= 15 is 0 Å². The molecule has 1 N–H and O–H groups in total. The van der Waals surface area contributed by atoms with Crippen LogP contribution in [0.3, 0.4) is 0 Å². The molecule has 0 radical (unpaired) electrons. The second-order valence-corrected chi connectivity index (χ2v) is 5.05. The molecular weight excluding hydrogens is 258 g/mol. The summed E-state index contributed by atoms with van der Waals surface area (Å²) in [6, 6.07) is 7.66. The van der Waals surface area contributed by atoms with Gasteiger partial charge in [0.1, 0.15) is 5.75 Å². The first-order chi connectivity index (χ1) is 9.67. The highest BCUT2D eigenvalue weighted by Gasteiger charge is 2.39. The number of ether oxygens (including phenoxy) is 2. The summed E-state index contributed by atoms with van der Waals surface area (Å²) in [6.45, 7) is 2.65. The lowest BCUT2D eigenvalue weighted by atomic mass is 9.88. The van der Waals surface area contributed by atoms with E-state index in [0.29, 0.717) is 13.2 Å². The summed E-state index contributed by atoms with van der Waals surface area (Å²) >= 11 is 0. The zero-order valence-electron chi connectivity index (χ0n) is 11.9. The van der Waals surface area contributed by atoms with Gasteiger partial charge < -0.3 is 14.6 Å². The number of benzene rings is 1. The molecule has 2 atom stereocenters. The van der Waals surface area contributed by atoms with Gasteiger partial charge in [-0.1, -0.05) is 18.2 Å². The zero-order chi connectivity index (χ0) is 14.5. The molecule has 5 heteroatoms. The standard InChI is InChI=1S/C15H21NO4/c1-19-8-7-16-9-12(13(10-16)15(17)18)11-5-3-4-6-14(11)20-2/h3-6,12-13H,7-10H2,1-2H3,(H,17,18)/t12-,13+/m0/s1. The number of carbonyl (C=O) groups is 1. The van der Waals surface area contributed by atoms with Crippen molar-refractivity contribution in [2.75, 3.05) is 40.5 Å². The number of carboxylic acid groups (broad SMARTS) is 1. The number of aliphatic carboxylic acids is 1. The zero-order valence-corrected chi connectivity index (χ0v) is 11.9. The molecule has 0 aliphatic carbocycles. The summed E-state index contributed by atoms with van der Waals surface area (Å²) in [5.41, 5.74) is 0.974. The molecule has 1 heterocycles. The Morgan fingerprint density at radius 2 is 2.10 bits per heavy atom. The van der Waals surface area contributed by atoms with E-state index in [1.54, 1.807) is 14.2 Å². The van der Waals surface area contributed by atoms with Crippen molar-refractivity contribution in [1.29, 1.82) is 0 Å². The molecule has 0 saturated carbocycles. The Hall–Kier alpha value is -1.59. The van der Waals surface area contributed by atoms with Crippen molar-refractivity contribution in [3.8, 4) is 5.75 Å². The summed E-state index contributed by atoms with van der Waals surface area (Å²) in [6.07, 6.45) is 0. The van der Waals surface area contributed by atoms with Crippen LogP contribution in [0.2, 0.25) is 0 Å². The van der Waals surface area contributed by atoms with E-state index < -0.39 is 11.9 Å². The van der Waals surface area contributed by atoms with Crippen LogP contribution in [-0.4, -0.2) is 56.4 Å². The average molecular weight is 279 g/mol. The van der Waals surface area contributed by atoms with Crippen LogP contribution in [0.1, 0.15) is 11.5 Å². The van der Waals surface area contributed by atoms with Gasteiger partial charge in [-0.15, -0.1) is 0 Å². The average Bonchev–Trinajstić information content (AvgIpc) is 2.89. The highest BCUT2D eigenvalue weighted by atomic mass is 16.5. The van der Waals surface area contributed by atoms with Gasteiger partial charge in [-0.05, 0) is 11.6 Å². The molecule has 1 fully saturated rings. The molecule has 1 aliphatic rings. The summed E-state index contributed by atoms with van der Waals surface area (Å²) < 4.78 is 10.4. The van der Waals surface area contributed by atoms with Crippen LogP contribution in [0.15, 0.2) is 24.3 Å². The van der Waals surface area contributed by atoms with Crippen LogP contribution in [0.5, 0.6) is 5.75 Å². The van der Waals surface area contributed by atoms with Crippen molar-refractivity contribution < 1.29 is 19.4 Å².